The molecule has 0 aliphatic heterocycles. The third-order valence-corrected chi connectivity index (χ3v) is 2.40. The monoisotopic (exact) mass is 276 g/mol. The lowest BCUT2D eigenvalue weighted by Crippen LogP contribution is -2.28. The molecule has 116 valence electrons. The Morgan fingerprint density at radius 2 is 0.947 bits per heavy atom. The highest BCUT2D eigenvalue weighted by Gasteiger charge is 2.11. The first-order chi connectivity index (χ1) is 8.81. The molecule has 0 spiro atoms. The lowest BCUT2D eigenvalue weighted by Gasteiger charge is -2.21. The molecule has 0 fully saturated rings. The molecular weight excluding hydrogens is 244 g/mol. The summed E-state index contributed by atoms with van der Waals surface area (Å²) in [7, 11) is 0. The molecule has 0 aliphatic rings. The molecule has 19 heavy (non-hydrogen) atoms. The van der Waals surface area contributed by atoms with Gasteiger partial charge in [-0.2, -0.15) is 0 Å². The number of rotatable bonds is 11. The van der Waals surface area contributed by atoms with E-state index in [1.165, 1.54) is 0 Å². The van der Waals surface area contributed by atoms with Crippen molar-refractivity contribution in [2.45, 2.75) is 79.0 Å². The van der Waals surface area contributed by atoms with Gasteiger partial charge in [0.05, 0.1) is 50.3 Å². The van der Waals surface area contributed by atoms with Crippen LogP contribution < -0.4 is 0 Å². The van der Waals surface area contributed by atoms with Crippen LogP contribution in [0.1, 0.15) is 48.5 Å². The third kappa shape index (κ3) is 12.6. The largest absolute Gasteiger partial charge is 0.376 e. The molecule has 3 atom stereocenters. The summed E-state index contributed by atoms with van der Waals surface area (Å²) in [5, 5.41) is 0. The predicted octanol–water partition coefficient (Wildman–Crippen LogP) is 3.04. The van der Waals surface area contributed by atoms with Gasteiger partial charge in [0, 0.05) is 0 Å². The maximum atomic E-state index is 5.69. The van der Waals surface area contributed by atoms with Gasteiger partial charge in [0.15, 0.2) is 0 Å². The molecule has 0 amide bonds. The van der Waals surface area contributed by atoms with Crippen LogP contribution >= 0.6 is 0 Å². The van der Waals surface area contributed by atoms with Gasteiger partial charge in [0.2, 0.25) is 0 Å². The molecule has 0 radical (unpaired) electrons. The number of hydrogen-bond acceptors (Lipinski definition) is 4. The predicted molar refractivity (Wildman–Crippen MR) is 77.6 cm³/mol. The Morgan fingerprint density at radius 1 is 0.526 bits per heavy atom. The van der Waals surface area contributed by atoms with E-state index in [1.54, 1.807) is 0 Å². The van der Waals surface area contributed by atoms with E-state index in [1.807, 2.05) is 48.5 Å². The van der Waals surface area contributed by atoms with Crippen molar-refractivity contribution < 1.29 is 18.9 Å². The summed E-state index contributed by atoms with van der Waals surface area (Å²) >= 11 is 0. The van der Waals surface area contributed by atoms with Crippen LogP contribution in [0.5, 0.6) is 0 Å². The molecule has 3 unspecified atom stereocenters. The zero-order valence-corrected chi connectivity index (χ0v) is 13.6. The van der Waals surface area contributed by atoms with E-state index in [2.05, 4.69) is 0 Å². The molecule has 0 aliphatic carbocycles. The lowest BCUT2D eigenvalue weighted by atomic mass is 10.3. The molecular formula is C15H32O4. The van der Waals surface area contributed by atoms with Gasteiger partial charge in [-0.05, 0) is 48.5 Å². The van der Waals surface area contributed by atoms with Crippen LogP contribution in [0.2, 0.25) is 0 Å². The average molecular weight is 276 g/mol. The molecule has 0 heterocycles. The first kappa shape index (κ1) is 18.8. The van der Waals surface area contributed by atoms with Crippen LogP contribution in [0.15, 0.2) is 0 Å². The second-order valence-corrected chi connectivity index (χ2v) is 5.67. The standard InChI is InChI=1S/C15H32O4/c1-11(2)16-8-13(5)17-9-14(6)18-10-15(7)19-12(3)4/h11-15H,8-10H2,1-7H3. The minimum absolute atomic E-state index is 0.0692. The van der Waals surface area contributed by atoms with Crippen molar-refractivity contribution in [3.05, 3.63) is 0 Å². The van der Waals surface area contributed by atoms with Crippen LogP contribution in [0.4, 0.5) is 0 Å². The van der Waals surface area contributed by atoms with Crippen molar-refractivity contribution in [2.24, 2.45) is 0 Å². The number of hydrogen-bond donors (Lipinski definition) is 0. The molecule has 0 aromatic rings. The van der Waals surface area contributed by atoms with E-state index in [9.17, 15) is 0 Å². The van der Waals surface area contributed by atoms with Crippen molar-refractivity contribution in [1.29, 1.82) is 0 Å². The van der Waals surface area contributed by atoms with E-state index < -0.39 is 0 Å². The first-order valence-corrected chi connectivity index (χ1v) is 7.31. The second kappa shape index (κ2) is 10.6. The van der Waals surface area contributed by atoms with Crippen LogP contribution in [0, 0.1) is 0 Å². The van der Waals surface area contributed by atoms with Crippen LogP contribution in [-0.4, -0.2) is 50.3 Å². The Morgan fingerprint density at radius 3 is 1.37 bits per heavy atom. The third-order valence-electron chi connectivity index (χ3n) is 2.40. The zero-order valence-electron chi connectivity index (χ0n) is 13.6. The molecule has 0 aromatic heterocycles. The highest BCUT2D eigenvalue weighted by Crippen LogP contribution is 2.03. The molecule has 0 saturated carbocycles. The maximum absolute atomic E-state index is 5.69. The Kier molecular flexibility index (Phi) is 10.5. The fourth-order valence-corrected chi connectivity index (χ4v) is 1.53. The Bertz CT molecular complexity index is 206. The molecule has 0 saturated heterocycles. The summed E-state index contributed by atoms with van der Waals surface area (Å²) in [6, 6.07) is 0. The van der Waals surface area contributed by atoms with E-state index in [0.717, 1.165) is 0 Å². The molecule has 0 rings (SSSR count). The quantitative estimate of drug-likeness (QED) is 0.581. The average Bonchev–Trinajstić information content (AvgIpc) is 2.30. The molecule has 4 nitrogen and oxygen atoms in total. The van der Waals surface area contributed by atoms with Crippen LogP contribution in [0.3, 0.4) is 0 Å². The van der Waals surface area contributed by atoms with Gasteiger partial charge >= 0.3 is 0 Å². The molecule has 0 aromatic carbocycles. The Hall–Kier alpha value is -0.160. The van der Waals surface area contributed by atoms with Crippen molar-refractivity contribution >= 4 is 0 Å². The zero-order chi connectivity index (χ0) is 14.8. The summed E-state index contributed by atoms with van der Waals surface area (Å²) in [5.74, 6) is 0. The Labute approximate surface area is 118 Å². The minimum Gasteiger partial charge on any atom is -0.376 e. The summed E-state index contributed by atoms with van der Waals surface area (Å²) < 4.78 is 22.5. The molecule has 0 bridgehead atoms. The fourth-order valence-electron chi connectivity index (χ4n) is 1.53. The topological polar surface area (TPSA) is 36.9 Å². The molecule has 0 N–H and O–H groups in total. The Balaban J connectivity index is 3.60. The van der Waals surface area contributed by atoms with Gasteiger partial charge < -0.3 is 18.9 Å². The lowest BCUT2D eigenvalue weighted by molar-refractivity contribution is -0.0914. The summed E-state index contributed by atoms with van der Waals surface area (Å²) in [6.07, 6.45) is 0.758. The maximum Gasteiger partial charge on any atom is 0.0784 e. The van der Waals surface area contributed by atoms with Gasteiger partial charge in [0.25, 0.3) is 0 Å². The summed E-state index contributed by atoms with van der Waals surface area (Å²) in [5.41, 5.74) is 0. The van der Waals surface area contributed by atoms with Gasteiger partial charge in [-0.1, -0.05) is 0 Å². The van der Waals surface area contributed by atoms with Crippen molar-refractivity contribution in [2.75, 3.05) is 19.8 Å². The van der Waals surface area contributed by atoms with Crippen molar-refractivity contribution in [3.63, 3.8) is 0 Å². The fraction of sp³-hybridized carbons (Fsp3) is 1.00. The minimum atomic E-state index is 0.0692. The van der Waals surface area contributed by atoms with Crippen LogP contribution in [-0.2, 0) is 18.9 Å². The SMILES string of the molecule is CC(C)OCC(C)OCC(C)OCC(C)OC(C)C. The van der Waals surface area contributed by atoms with Crippen molar-refractivity contribution in [1.82, 2.24) is 0 Å². The van der Waals surface area contributed by atoms with E-state index >= 15 is 0 Å². The van der Waals surface area contributed by atoms with Gasteiger partial charge in [0.1, 0.15) is 0 Å². The summed E-state index contributed by atoms with van der Waals surface area (Å²) in [4.78, 5) is 0. The van der Waals surface area contributed by atoms with E-state index in [4.69, 9.17) is 18.9 Å². The van der Waals surface area contributed by atoms with Gasteiger partial charge in [-0.3, -0.25) is 0 Å². The van der Waals surface area contributed by atoms with Crippen molar-refractivity contribution in [3.8, 4) is 0 Å². The molecule has 4 heteroatoms. The van der Waals surface area contributed by atoms with Gasteiger partial charge in [-0.15, -0.1) is 0 Å². The second-order valence-electron chi connectivity index (χ2n) is 5.67. The summed E-state index contributed by atoms with van der Waals surface area (Å²) in [6.45, 7) is 15.9. The normalized spacial score (nSPS) is 16.9. The highest BCUT2D eigenvalue weighted by atomic mass is 16.6. The van der Waals surface area contributed by atoms with E-state index in [0.29, 0.717) is 19.8 Å². The van der Waals surface area contributed by atoms with E-state index in [-0.39, 0.29) is 30.5 Å². The van der Waals surface area contributed by atoms with Crippen LogP contribution in [0.25, 0.3) is 0 Å². The van der Waals surface area contributed by atoms with Gasteiger partial charge in [-0.25, -0.2) is 0 Å². The number of ether oxygens (including phenoxy) is 4. The first-order valence-electron chi connectivity index (χ1n) is 7.31. The highest BCUT2D eigenvalue weighted by molar-refractivity contribution is 4.56. The smallest absolute Gasteiger partial charge is 0.0784 e.